The van der Waals surface area contributed by atoms with Gasteiger partial charge in [0.15, 0.2) is 0 Å². The molecular formula is C20H20N6O. The van der Waals surface area contributed by atoms with Gasteiger partial charge in [0, 0.05) is 37.1 Å². The highest BCUT2D eigenvalue weighted by atomic mass is 16.1. The Morgan fingerprint density at radius 3 is 2.74 bits per heavy atom. The van der Waals surface area contributed by atoms with Gasteiger partial charge in [-0.05, 0) is 43.3 Å². The quantitative estimate of drug-likeness (QED) is 0.473. The summed E-state index contributed by atoms with van der Waals surface area (Å²) in [5.41, 5.74) is 4.53. The van der Waals surface area contributed by atoms with E-state index in [9.17, 15) is 4.79 Å². The average Bonchev–Trinajstić information content (AvgIpc) is 3.27. The van der Waals surface area contributed by atoms with Crippen LogP contribution in [0.3, 0.4) is 0 Å². The van der Waals surface area contributed by atoms with E-state index >= 15 is 0 Å². The predicted octanol–water partition coefficient (Wildman–Crippen LogP) is 3.64. The number of aromatic nitrogens is 4. The first-order valence-electron chi connectivity index (χ1n) is 8.60. The topological polar surface area (TPSA) is 89.7 Å². The van der Waals surface area contributed by atoms with Gasteiger partial charge in [0.1, 0.15) is 17.2 Å². The van der Waals surface area contributed by atoms with Gasteiger partial charge in [0.2, 0.25) is 5.78 Å². The Bertz CT molecular complexity index is 1120. The highest BCUT2D eigenvalue weighted by molar-refractivity contribution is 6.15. The summed E-state index contributed by atoms with van der Waals surface area (Å²) in [5, 5.41) is 10.9. The maximum Gasteiger partial charge on any atom is 0.212 e. The van der Waals surface area contributed by atoms with Crippen molar-refractivity contribution in [3.05, 3.63) is 65.6 Å². The van der Waals surface area contributed by atoms with Crippen molar-refractivity contribution in [2.75, 3.05) is 24.3 Å². The van der Waals surface area contributed by atoms with Crippen LogP contribution in [0.15, 0.2) is 48.7 Å². The van der Waals surface area contributed by atoms with Crippen LogP contribution in [0.1, 0.15) is 21.7 Å². The average molecular weight is 360 g/mol. The summed E-state index contributed by atoms with van der Waals surface area (Å²) < 4.78 is 0. The number of carbonyl (C=O) groups is 1. The van der Waals surface area contributed by atoms with Crippen molar-refractivity contribution >= 4 is 34.0 Å². The van der Waals surface area contributed by atoms with Crippen LogP contribution in [0.25, 0.3) is 11.0 Å². The van der Waals surface area contributed by atoms with Crippen LogP contribution in [-0.2, 0) is 0 Å². The van der Waals surface area contributed by atoms with E-state index in [1.165, 1.54) is 0 Å². The van der Waals surface area contributed by atoms with Crippen molar-refractivity contribution in [3.8, 4) is 0 Å². The van der Waals surface area contributed by atoms with E-state index in [1.807, 2.05) is 56.3 Å². The first-order valence-corrected chi connectivity index (χ1v) is 8.60. The summed E-state index contributed by atoms with van der Waals surface area (Å²) in [6.45, 7) is 1.84. The molecular weight excluding hydrogens is 340 g/mol. The van der Waals surface area contributed by atoms with Crippen molar-refractivity contribution in [1.82, 2.24) is 20.2 Å². The second kappa shape index (κ2) is 6.60. The Balaban J connectivity index is 1.62. The fraction of sp³-hybridized carbons (Fsp3) is 0.150. The Morgan fingerprint density at radius 1 is 1.15 bits per heavy atom. The van der Waals surface area contributed by atoms with Gasteiger partial charge in [-0.3, -0.25) is 9.89 Å². The van der Waals surface area contributed by atoms with E-state index in [-0.39, 0.29) is 5.78 Å². The molecule has 0 bridgehead atoms. The van der Waals surface area contributed by atoms with Gasteiger partial charge in [-0.25, -0.2) is 4.98 Å². The molecule has 27 heavy (non-hydrogen) atoms. The minimum Gasteiger partial charge on any atom is -0.378 e. The molecule has 0 amide bonds. The number of aryl methyl sites for hydroxylation is 1. The van der Waals surface area contributed by atoms with Gasteiger partial charge >= 0.3 is 0 Å². The monoisotopic (exact) mass is 360 g/mol. The van der Waals surface area contributed by atoms with Crippen molar-refractivity contribution in [1.29, 1.82) is 0 Å². The van der Waals surface area contributed by atoms with Crippen molar-refractivity contribution < 1.29 is 4.79 Å². The van der Waals surface area contributed by atoms with E-state index in [0.29, 0.717) is 22.7 Å². The second-order valence-corrected chi connectivity index (χ2v) is 6.62. The molecule has 3 aromatic heterocycles. The third-order valence-electron chi connectivity index (χ3n) is 4.37. The van der Waals surface area contributed by atoms with Crippen LogP contribution in [0, 0.1) is 6.92 Å². The van der Waals surface area contributed by atoms with Crippen LogP contribution in [0.4, 0.5) is 17.2 Å². The lowest BCUT2D eigenvalue weighted by molar-refractivity contribution is 0.103. The molecule has 0 aliphatic heterocycles. The lowest BCUT2D eigenvalue weighted by Crippen LogP contribution is -2.08. The van der Waals surface area contributed by atoms with Gasteiger partial charge in [-0.15, -0.1) is 0 Å². The maximum absolute atomic E-state index is 12.7. The molecule has 0 saturated heterocycles. The fourth-order valence-electron chi connectivity index (χ4n) is 2.96. The van der Waals surface area contributed by atoms with Crippen LogP contribution in [0.5, 0.6) is 0 Å². The number of ketones is 1. The second-order valence-electron chi connectivity index (χ2n) is 6.62. The number of carbonyl (C=O) groups excluding carboxylic acids is 1. The maximum atomic E-state index is 12.7. The van der Waals surface area contributed by atoms with Gasteiger partial charge in [0.05, 0.1) is 11.3 Å². The molecule has 4 rings (SSSR count). The molecule has 1 aromatic carbocycles. The van der Waals surface area contributed by atoms with Crippen molar-refractivity contribution in [3.63, 3.8) is 0 Å². The summed E-state index contributed by atoms with van der Waals surface area (Å²) in [5.74, 6) is 0.597. The number of hydrogen-bond acceptors (Lipinski definition) is 5. The molecule has 0 fully saturated rings. The molecule has 0 radical (unpaired) electrons. The standard InChI is InChI=1S/C20H20N6O/c1-12-9-17(25-24-12)19(27)16-11-21-20-15(16)7-8-18(23-20)22-13-5-4-6-14(10-13)26(2)3/h4-11H,1-3H3,(H,24,25)(H2,21,22,23). The van der Waals surface area contributed by atoms with Gasteiger partial charge in [0.25, 0.3) is 0 Å². The highest BCUT2D eigenvalue weighted by Crippen LogP contribution is 2.24. The van der Waals surface area contributed by atoms with Gasteiger partial charge in [-0.1, -0.05) is 6.07 Å². The van der Waals surface area contributed by atoms with Gasteiger partial charge in [-0.2, -0.15) is 5.10 Å². The highest BCUT2D eigenvalue weighted by Gasteiger charge is 2.17. The molecule has 0 aliphatic rings. The van der Waals surface area contributed by atoms with E-state index in [4.69, 9.17) is 0 Å². The smallest absolute Gasteiger partial charge is 0.212 e. The van der Waals surface area contributed by atoms with Crippen LogP contribution in [0.2, 0.25) is 0 Å². The minimum absolute atomic E-state index is 0.108. The number of anilines is 3. The number of pyridine rings is 1. The molecule has 4 aromatic rings. The Kier molecular flexibility index (Phi) is 4.12. The summed E-state index contributed by atoms with van der Waals surface area (Å²) in [6, 6.07) is 13.6. The van der Waals surface area contributed by atoms with E-state index in [1.54, 1.807) is 12.3 Å². The lowest BCUT2D eigenvalue weighted by atomic mass is 10.1. The molecule has 0 aliphatic carbocycles. The Hall–Kier alpha value is -3.61. The number of fused-ring (bicyclic) bond motifs is 1. The van der Waals surface area contributed by atoms with Crippen molar-refractivity contribution in [2.24, 2.45) is 0 Å². The summed E-state index contributed by atoms with van der Waals surface area (Å²) in [7, 11) is 4.00. The number of hydrogen-bond donors (Lipinski definition) is 3. The van der Waals surface area contributed by atoms with E-state index < -0.39 is 0 Å². The molecule has 0 spiro atoms. The fourth-order valence-corrected chi connectivity index (χ4v) is 2.96. The number of nitrogens with one attached hydrogen (secondary N) is 3. The third kappa shape index (κ3) is 3.27. The van der Waals surface area contributed by atoms with Crippen molar-refractivity contribution in [2.45, 2.75) is 6.92 Å². The summed E-state index contributed by atoms with van der Waals surface area (Å²) >= 11 is 0. The first kappa shape index (κ1) is 16.8. The third-order valence-corrected chi connectivity index (χ3v) is 4.37. The van der Waals surface area contributed by atoms with Crippen LogP contribution < -0.4 is 10.2 Å². The predicted molar refractivity (Wildman–Crippen MR) is 107 cm³/mol. The molecule has 7 nitrogen and oxygen atoms in total. The van der Waals surface area contributed by atoms with Gasteiger partial charge < -0.3 is 15.2 Å². The van der Waals surface area contributed by atoms with E-state index in [0.717, 1.165) is 22.5 Å². The largest absolute Gasteiger partial charge is 0.378 e. The summed E-state index contributed by atoms with van der Waals surface area (Å²) in [4.78, 5) is 22.4. The summed E-state index contributed by atoms with van der Waals surface area (Å²) in [6.07, 6.45) is 1.69. The molecule has 0 unspecified atom stereocenters. The zero-order valence-electron chi connectivity index (χ0n) is 15.4. The molecule has 7 heteroatoms. The van der Waals surface area contributed by atoms with E-state index in [2.05, 4.69) is 31.5 Å². The molecule has 0 atom stereocenters. The van der Waals surface area contributed by atoms with Crippen LogP contribution >= 0.6 is 0 Å². The number of benzene rings is 1. The molecule has 3 heterocycles. The lowest BCUT2D eigenvalue weighted by Gasteiger charge is -2.14. The number of nitrogens with zero attached hydrogens (tertiary/aromatic N) is 3. The molecule has 3 N–H and O–H groups in total. The molecule has 136 valence electrons. The molecule has 0 saturated carbocycles. The number of aromatic amines is 2. The minimum atomic E-state index is -0.108. The van der Waals surface area contributed by atoms with Crippen LogP contribution in [-0.4, -0.2) is 40.0 Å². The Morgan fingerprint density at radius 2 is 2.00 bits per heavy atom. The SMILES string of the molecule is Cc1cc(C(=O)c2c[nH]c3nc(Nc4cccc(N(C)C)c4)ccc23)[nH]n1. The zero-order chi connectivity index (χ0) is 19.0. The Labute approximate surface area is 156 Å². The first-order chi connectivity index (χ1) is 13.0. The number of H-pyrrole nitrogens is 2. The number of rotatable bonds is 5. The normalized spacial score (nSPS) is 10.9. The zero-order valence-corrected chi connectivity index (χ0v) is 15.4.